The average Bonchev–Trinajstić information content (AvgIpc) is 2.30. The molecule has 2 rings (SSSR count). The molecule has 2 aromatic rings. The second-order valence-corrected chi connectivity index (χ2v) is 4.81. The molecule has 1 aromatic heterocycles. The molecule has 0 saturated heterocycles. The summed E-state index contributed by atoms with van der Waals surface area (Å²) in [5, 5.41) is 4.56. The number of benzene rings is 1. The number of nitrogens with one attached hydrogen (secondary N) is 1. The number of hydrogen-bond acceptors (Lipinski definition) is 2. The second kappa shape index (κ2) is 5.11. The molecule has 0 saturated carbocycles. The molecule has 0 aliphatic rings. The number of anilines is 1. The van der Waals surface area contributed by atoms with E-state index in [0.29, 0.717) is 10.5 Å². The van der Waals surface area contributed by atoms with Gasteiger partial charge >= 0.3 is 0 Å². The summed E-state index contributed by atoms with van der Waals surface area (Å²) in [5.74, 6) is -0.357. The molecule has 0 atom stereocenters. The molecule has 96 valence electrons. The van der Waals surface area contributed by atoms with Crippen molar-refractivity contribution in [1.82, 2.24) is 4.98 Å². The highest BCUT2D eigenvalue weighted by atomic mass is 35.5. The van der Waals surface area contributed by atoms with E-state index in [1.54, 1.807) is 0 Å². The third-order valence-corrected chi connectivity index (χ3v) is 3.34. The van der Waals surface area contributed by atoms with Gasteiger partial charge in [-0.05, 0) is 31.9 Å². The van der Waals surface area contributed by atoms with Crippen molar-refractivity contribution in [2.24, 2.45) is 0 Å². The lowest BCUT2D eigenvalue weighted by molar-refractivity contribution is 0.629. The summed E-state index contributed by atoms with van der Waals surface area (Å²) in [7, 11) is 0. The van der Waals surface area contributed by atoms with Crippen LogP contribution in [-0.4, -0.2) is 11.5 Å². The maximum absolute atomic E-state index is 13.4. The molecule has 18 heavy (non-hydrogen) atoms. The van der Waals surface area contributed by atoms with Crippen LogP contribution in [0.3, 0.4) is 0 Å². The van der Waals surface area contributed by atoms with Crippen LogP contribution >= 0.6 is 11.6 Å². The normalized spacial score (nSPS) is 10.9. The van der Waals surface area contributed by atoms with Crippen molar-refractivity contribution >= 4 is 28.2 Å². The van der Waals surface area contributed by atoms with Crippen LogP contribution in [0.2, 0.25) is 5.02 Å². The zero-order chi connectivity index (χ0) is 13.3. The number of pyridine rings is 1. The maximum atomic E-state index is 13.4. The quantitative estimate of drug-likeness (QED) is 0.887. The lowest BCUT2D eigenvalue weighted by atomic mass is 10.1. The molecule has 1 aromatic carbocycles. The first-order valence-electron chi connectivity index (χ1n) is 6.04. The lowest BCUT2D eigenvalue weighted by Gasteiger charge is -2.15. The van der Waals surface area contributed by atoms with E-state index >= 15 is 0 Å². The summed E-state index contributed by atoms with van der Waals surface area (Å²) in [6, 6.07) is 2.75. The summed E-state index contributed by atoms with van der Waals surface area (Å²) in [6.45, 7) is 6.87. The van der Waals surface area contributed by atoms with E-state index in [1.165, 1.54) is 12.1 Å². The topological polar surface area (TPSA) is 24.9 Å². The van der Waals surface area contributed by atoms with Gasteiger partial charge in [-0.25, -0.2) is 4.39 Å². The van der Waals surface area contributed by atoms with Gasteiger partial charge in [-0.15, -0.1) is 0 Å². The minimum atomic E-state index is -0.357. The van der Waals surface area contributed by atoms with E-state index in [1.807, 2.05) is 13.8 Å². The monoisotopic (exact) mass is 266 g/mol. The van der Waals surface area contributed by atoms with Crippen LogP contribution in [-0.2, 0) is 0 Å². The summed E-state index contributed by atoms with van der Waals surface area (Å²) in [4.78, 5) is 4.40. The van der Waals surface area contributed by atoms with Crippen LogP contribution in [0.4, 0.5) is 10.1 Å². The van der Waals surface area contributed by atoms with Crippen molar-refractivity contribution in [3.63, 3.8) is 0 Å². The highest BCUT2D eigenvalue weighted by molar-refractivity contribution is 6.36. The van der Waals surface area contributed by atoms with Crippen LogP contribution in [0, 0.1) is 19.7 Å². The van der Waals surface area contributed by atoms with Crippen LogP contribution in [0.25, 0.3) is 10.9 Å². The average molecular weight is 267 g/mol. The van der Waals surface area contributed by atoms with E-state index in [9.17, 15) is 4.39 Å². The molecule has 0 unspecified atom stereocenters. The number of hydrogen-bond donors (Lipinski definition) is 1. The van der Waals surface area contributed by atoms with Crippen LogP contribution in [0.15, 0.2) is 12.1 Å². The van der Waals surface area contributed by atoms with Gasteiger partial charge in [0.05, 0.1) is 10.5 Å². The summed E-state index contributed by atoms with van der Waals surface area (Å²) in [6.07, 6.45) is 1.01. The molecule has 0 aliphatic carbocycles. The standard InChI is InChI=1S/C14H16ClFN2/c1-4-5-17-14-8(2)9(3)18-12-7-10(16)6-11(15)13(12)14/h6-7H,4-5H2,1-3H3,(H,17,18). The molecule has 4 heteroatoms. The smallest absolute Gasteiger partial charge is 0.126 e. The Kier molecular flexibility index (Phi) is 3.71. The predicted octanol–water partition coefficient (Wildman–Crippen LogP) is 4.47. The molecular formula is C14H16ClFN2. The Balaban J connectivity index is 2.75. The Labute approximate surface area is 111 Å². The number of fused-ring (bicyclic) bond motifs is 1. The van der Waals surface area contributed by atoms with Crippen LogP contribution in [0.5, 0.6) is 0 Å². The molecule has 2 nitrogen and oxygen atoms in total. The fourth-order valence-corrected chi connectivity index (χ4v) is 2.30. The van der Waals surface area contributed by atoms with E-state index in [2.05, 4.69) is 17.2 Å². The molecule has 0 radical (unpaired) electrons. The third-order valence-electron chi connectivity index (χ3n) is 3.04. The van der Waals surface area contributed by atoms with Crippen molar-refractivity contribution in [2.45, 2.75) is 27.2 Å². The van der Waals surface area contributed by atoms with Gasteiger partial charge in [0, 0.05) is 29.4 Å². The minimum Gasteiger partial charge on any atom is -0.384 e. The SMILES string of the molecule is CCCNc1c(C)c(C)nc2cc(F)cc(Cl)c12. The first kappa shape index (κ1) is 13.1. The Morgan fingerprint density at radius 2 is 2.06 bits per heavy atom. The highest BCUT2D eigenvalue weighted by Crippen LogP contribution is 2.34. The van der Waals surface area contributed by atoms with Gasteiger partial charge in [-0.2, -0.15) is 0 Å². The molecule has 1 N–H and O–H groups in total. The molecule has 1 heterocycles. The molecule has 0 fully saturated rings. The van der Waals surface area contributed by atoms with Gasteiger partial charge in [0.2, 0.25) is 0 Å². The highest BCUT2D eigenvalue weighted by Gasteiger charge is 2.13. The Hall–Kier alpha value is -1.35. The number of halogens is 2. The second-order valence-electron chi connectivity index (χ2n) is 4.41. The van der Waals surface area contributed by atoms with Crippen molar-refractivity contribution in [3.05, 3.63) is 34.2 Å². The Morgan fingerprint density at radius 1 is 1.33 bits per heavy atom. The first-order chi connectivity index (χ1) is 8.54. The van der Waals surface area contributed by atoms with E-state index in [4.69, 9.17) is 11.6 Å². The fourth-order valence-electron chi connectivity index (χ4n) is 2.00. The molecular weight excluding hydrogens is 251 g/mol. The van der Waals surface area contributed by atoms with Gasteiger partial charge in [-0.3, -0.25) is 4.98 Å². The summed E-state index contributed by atoms with van der Waals surface area (Å²) in [5.41, 5.74) is 3.51. The third kappa shape index (κ3) is 2.27. The molecule has 0 bridgehead atoms. The van der Waals surface area contributed by atoms with E-state index in [-0.39, 0.29) is 5.82 Å². The molecule has 0 spiro atoms. The Morgan fingerprint density at radius 3 is 2.72 bits per heavy atom. The van der Waals surface area contributed by atoms with Crippen molar-refractivity contribution in [3.8, 4) is 0 Å². The van der Waals surface area contributed by atoms with Gasteiger partial charge in [0.15, 0.2) is 0 Å². The van der Waals surface area contributed by atoms with Crippen molar-refractivity contribution in [2.75, 3.05) is 11.9 Å². The van der Waals surface area contributed by atoms with E-state index < -0.39 is 0 Å². The van der Waals surface area contributed by atoms with Gasteiger partial charge in [0.25, 0.3) is 0 Å². The number of aryl methyl sites for hydroxylation is 1. The molecule has 0 aliphatic heterocycles. The number of nitrogens with zero attached hydrogens (tertiary/aromatic N) is 1. The lowest BCUT2D eigenvalue weighted by Crippen LogP contribution is -2.05. The van der Waals surface area contributed by atoms with Crippen molar-refractivity contribution in [1.29, 1.82) is 0 Å². The predicted molar refractivity (Wildman–Crippen MR) is 75.0 cm³/mol. The minimum absolute atomic E-state index is 0.357. The molecule has 0 amide bonds. The maximum Gasteiger partial charge on any atom is 0.126 e. The van der Waals surface area contributed by atoms with Gasteiger partial charge < -0.3 is 5.32 Å². The zero-order valence-corrected chi connectivity index (χ0v) is 11.5. The summed E-state index contributed by atoms with van der Waals surface area (Å²) < 4.78 is 13.4. The van der Waals surface area contributed by atoms with Crippen LogP contribution < -0.4 is 5.32 Å². The largest absolute Gasteiger partial charge is 0.384 e. The van der Waals surface area contributed by atoms with Gasteiger partial charge in [0.1, 0.15) is 5.82 Å². The Bertz CT molecular complexity index is 596. The summed E-state index contributed by atoms with van der Waals surface area (Å²) >= 11 is 6.15. The van der Waals surface area contributed by atoms with Gasteiger partial charge in [-0.1, -0.05) is 18.5 Å². The first-order valence-corrected chi connectivity index (χ1v) is 6.42. The zero-order valence-electron chi connectivity index (χ0n) is 10.8. The fraction of sp³-hybridized carbons (Fsp3) is 0.357. The van der Waals surface area contributed by atoms with Crippen molar-refractivity contribution < 1.29 is 4.39 Å². The van der Waals surface area contributed by atoms with E-state index in [0.717, 1.165) is 35.3 Å². The van der Waals surface area contributed by atoms with Crippen LogP contribution in [0.1, 0.15) is 24.6 Å². The number of rotatable bonds is 3. The number of aromatic nitrogens is 1.